The van der Waals surface area contributed by atoms with Crippen LogP contribution >= 0.6 is 0 Å². The lowest BCUT2D eigenvalue weighted by Crippen LogP contribution is -1.98. The van der Waals surface area contributed by atoms with Gasteiger partial charge in [0.25, 0.3) is 0 Å². The summed E-state index contributed by atoms with van der Waals surface area (Å²) in [5.74, 6) is 5.21. The fourth-order valence-electron chi connectivity index (χ4n) is 1.40. The van der Waals surface area contributed by atoms with E-state index in [1.807, 2.05) is 0 Å². The van der Waals surface area contributed by atoms with Crippen LogP contribution in [-0.4, -0.2) is 15.3 Å². The van der Waals surface area contributed by atoms with Gasteiger partial charge in [0.15, 0.2) is 0 Å². The lowest BCUT2D eigenvalue weighted by atomic mass is 10.1. The van der Waals surface area contributed by atoms with Crippen LogP contribution in [0.25, 0.3) is 5.52 Å². The van der Waals surface area contributed by atoms with E-state index in [4.69, 9.17) is 11.1 Å². The summed E-state index contributed by atoms with van der Waals surface area (Å²) in [4.78, 5) is 0. The van der Waals surface area contributed by atoms with Crippen molar-refractivity contribution in [3.63, 3.8) is 0 Å². The Hall–Kier alpha value is -2.35. The Balaban J connectivity index is 2.73. The van der Waals surface area contributed by atoms with Gasteiger partial charge < -0.3 is 5.84 Å². The number of pyridine rings is 1. The smallest absolute Gasteiger partial charge is 0.0992 e. The van der Waals surface area contributed by atoms with Crippen molar-refractivity contribution in [2.24, 2.45) is 10.9 Å². The van der Waals surface area contributed by atoms with E-state index in [0.29, 0.717) is 11.3 Å². The molecule has 74 valence electrons. The molecule has 0 spiro atoms. The van der Waals surface area contributed by atoms with Crippen LogP contribution in [0.4, 0.5) is 0 Å². The summed E-state index contributed by atoms with van der Waals surface area (Å²) in [5, 5.41) is 16.5. The summed E-state index contributed by atoms with van der Waals surface area (Å²) in [7, 11) is 0. The third-order valence-electron chi connectivity index (χ3n) is 2.23. The van der Waals surface area contributed by atoms with Crippen LogP contribution in [0.5, 0.6) is 0 Å². The average molecular weight is 199 g/mol. The first-order valence-corrected chi connectivity index (χ1v) is 4.38. The predicted molar refractivity (Wildman–Crippen MR) is 56.3 cm³/mol. The molecule has 15 heavy (non-hydrogen) atoms. The molecule has 0 aliphatic rings. The SMILES string of the molecule is C/C(=N\N)c1cnn2ccc(C#N)cc12. The first-order chi connectivity index (χ1) is 7.26. The van der Waals surface area contributed by atoms with Crippen LogP contribution in [0.15, 0.2) is 29.6 Å². The Morgan fingerprint density at radius 2 is 2.47 bits per heavy atom. The number of nitrogens with zero attached hydrogens (tertiary/aromatic N) is 4. The van der Waals surface area contributed by atoms with Gasteiger partial charge in [-0.05, 0) is 19.1 Å². The molecule has 0 fully saturated rings. The number of hydrogen-bond donors (Lipinski definition) is 1. The zero-order chi connectivity index (χ0) is 10.8. The summed E-state index contributed by atoms with van der Waals surface area (Å²) in [5.41, 5.74) is 2.96. The number of fused-ring (bicyclic) bond motifs is 1. The zero-order valence-corrected chi connectivity index (χ0v) is 8.18. The monoisotopic (exact) mass is 199 g/mol. The maximum absolute atomic E-state index is 8.79. The lowest BCUT2D eigenvalue weighted by molar-refractivity contribution is 0.960. The molecule has 0 aliphatic carbocycles. The molecule has 2 N–H and O–H groups in total. The minimum atomic E-state index is 0.592. The molecule has 0 atom stereocenters. The number of hydrazone groups is 1. The van der Waals surface area contributed by atoms with Crippen molar-refractivity contribution in [1.82, 2.24) is 9.61 Å². The third kappa shape index (κ3) is 1.42. The molecule has 0 saturated carbocycles. The van der Waals surface area contributed by atoms with Crippen LogP contribution in [0, 0.1) is 11.3 Å². The van der Waals surface area contributed by atoms with Crippen molar-refractivity contribution in [3.05, 3.63) is 35.7 Å². The topological polar surface area (TPSA) is 79.5 Å². The maximum atomic E-state index is 8.79. The quantitative estimate of drug-likeness (QED) is 0.420. The highest BCUT2D eigenvalue weighted by atomic mass is 15.2. The molecule has 0 radical (unpaired) electrons. The van der Waals surface area contributed by atoms with E-state index in [2.05, 4.69) is 16.3 Å². The zero-order valence-electron chi connectivity index (χ0n) is 8.18. The number of nitriles is 1. The van der Waals surface area contributed by atoms with Crippen LogP contribution in [-0.2, 0) is 0 Å². The highest BCUT2D eigenvalue weighted by Gasteiger charge is 2.07. The Morgan fingerprint density at radius 1 is 1.67 bits per heavy atom. The second-order valence-electron chi connectivity index (χ2n) is 3.13. The van der Waals surface area contributed by atoms with Crippen molar-refractivity contribution in [2.75, 3.05) is 0 Å². The Labute approximate surface area is 86.4 Å². The number of aromatic nitrogens is 2. The molecule has 2 rings (SSSR count). The van der Waals surface area contributed by atoms with Gasteiger partial charge in [-0.1, -0.05) is 0 Å². The molecule has 0 amide bonds. The van der Waals surface area contributed by atoms with E-state index in [1.54, 1.807) is 36.0 Å². The van der Waals surface area contributed by atoms with Crippen molar-refractivity contribution in [3.8, 4) is 6.07 Å². The lowest BCUT2D eigenvalue weighted by Gasteiger charge is -1.97. The van der Waals surface area contributed by atoms with Gasteiger partial charge in [-0.15, -0.1) is 0 Å². The summed E-state index contributed by atoms with van der Waals surface area (Å²) in [6, 6.07) is 5.55. The van der Waals surface area contributed by atoms with Gasteiger partial charge in [0.05, 0.1) is 29.1 Å². The Kier molecular flexibility index (Phi) is 2.10. The molecule has 0 aliphatic heterocycles. The molecular formula is C10H9N5. The molecule has 0 unspecified atom stereocenters. The fourth-order valence-corrected chi connectivity index (χ4v) is 1.40. The van der Waals surface area contributed by atoms with E-state index >= 15 is 0 Å². The van der Waals surface area contributed by atoms with Crippen molar-refractivity contribution in [2.45, 2.75) is 6.92 Å². The van der Waals surface area contributed by atoms with E-state index in [1.165, 1.54) is 0 Å². The number of rotatable bonds is 1. The van der Waals surface area contributed by atoms with Crippen molar-refractivity contribution >= 4 is 11.2 Å². The first kappa shape index (κ1) is 9.21. The molecule has 0 saturated heterocycles. The van der Waals surface area contributed by atoms with E-state index in [9.17, 15) is 0 Å². The second kappa shape index (κ2) is 3.42. The fraction of sp³-hybridized carbons (Fsp3) is 0.100. The van der Waals surface area contributed by atoms with E-state index in [-0.39, 0.29) is 0 Å². The minimum Gasteiger partial charge on any atom is -0.323 e. The molecule has 2 aromatic rings. The van der Waals surface area contributed by atoms with Crippen LogP contribution < -0.4 is 5.84 Å². The van der Waals surface area contributed by atoms with Gasteiger partial charge in [0.1, 0.15) is 0 Å². The average Bonchev–Trinajstić information content (AvgIpc) is 2.70. The molecule has 0 aromatic carbocycles. The highest BCUT2D eigenvalue weighted by molar-refractivity contribution is 6.04. The summed E-state index contributed by atoms with van der Waals surface area (Å²) in [6.45, 7) is 1.80. The van der Waals surface area contributed by atoms with E-state index in [0.717, 1.165) is 11.1 Å². The van der Waals surface area contributed by atoms with Gasteiger partial charge in [0, 0.05) is 11.8 Å². The first-order valence-electron chi connectivity index (χ1n) is 4.38. The minimum absolute atomic E-state index is 0.592. The van der Waals surface area contributed by atoms with E-state index < -0.39 is 0 Å². The summed E-state index contributed by atoms with van der Waals surface area (Å²) < 4.78 is 1.69. The predicted octanol–water partition coefficient (Wildman–Crippen LogP) is 0.889. The maximum Gasteiger partial charge on any atom is 0.0992 e. The Morgan fingerprint density at radius 3 is 3.13 bits per heavy atom. The summed E-state index contributed by atoms with van der Waals surface area (Å²) in [6.07, 6.45) is 3.42. The molecule has 2 heterocycles. The standard InChI is InChI=1S/C10H9N5/c1-7(14-12)9-6-13-15-3-2-8(5-11)4-10(9)15/h2-4,6H,12H2,1H3/b14-7+. The largest absolute Gasteiger partial charge is 0.323 e. The van der Waals surface area contributed by atoms with Gasteiger partial charge in [-0.3, -0.25) is 0 Å². The van der Waals surface area contributed by atoms with Crippen molar-refractivity contribution in [1.29, 1.82) is 5.26 Å². The second-order valence-corrected chi connectivity index (χ2v) is 3.13. The Bertz CT molecular complexity index is 573. The van der Waals surface area contributed by atoms with Crippen LogP contribution in [0.1, 0.15) is 18.1 Å². The van der Waals surface area contributed by atoms with Gasteiger partial charge in [0.2, 0.25) is 0 Å². The molecule has 5 heteroatoms. The highest BCUT2D eigenvalue weighted by Crippen LogP contribution is 2.13. The molecule has 2 aromatic heterocycles. The number of nitrogens with two attached hydrogens (primary N) is 1. The van der Waals surface area contributed by atoms with Gasteiger partial charge in [-0.2, -0.15) is 15.5 Å². The number of hydrogen-bond acceptors (Lipinski definition) is 4. The van der Waals surface area contributed by atoms with Crippen molar-refractivity contribution < 1.29 is 0 Å². The molecule has 5 nitrogen and oxygen atoms in total. The molecule has 0 bridgehead atoms. The normalized spacial score (nSPS) is 11.6. The van der Waals surface area contributed by atoms with Gasteiger partial charge in [-0.25, -0.2) is 4.52 Å². The third-order valence-corrected chi connectivity index (χ3v) is 2.23. The van der Waals surface area contributed by atoms with Crippen LogP contribution in [0.3, 0.4) is 0 Å². The summed E-state index contributed by atoms with van der Waals surface area (Å²) >= 11 is 0. The van der Waals surface area contributed by atoms with Crippen LogP contribution in [0.2, 0.25) is 0 Å². The molecular weight excluding hydrogens is 190 g/mol. The van der Waals surface area contributed by atoms with Gasteiger partial charge >= 0.3 is 0 Å².